The van der Waals surface area contributed by atoms with Crippen LogP contribution >= 0.6 is 11.8 Å². The van der Waals surface area contributed by atoms with Gasteiger partial charge in [0.1, 0.15) is 0 Å². The Morgan fingerprint density at radius 1 is 1.43 bits per heavy atom. The molecule has 2 saturated heterocycles. The van der Waals surface area contributed by atoms with Gasteiger partial charge in [0.25, 0.3) is 0 Å². The third-order valence-corrected chi connectivity index (χ3v) is 4.31. The van der Waals surface area contributed by atoms with Gasteiger partial charge in [-0.05, 0) is 25.0 Å². The summed E-state index contributed by atoms with van der Waals surface area (Å²) >= 11 is 1.64. The molecule has 2 heterocycles. The van der Waals surface area contributed by atoms with Gasteiger partial charge < -0.3 is 10.2 Å². The Labute approximate surface area is 89.6 Å². The van der Waals surface area contributed by atoms with Gasteiger partial charge in [-0.25, -0.2) is 0 Å². The Hall–Kier alpha value is -0.220. The molecule has 2 rings (SSSR count). The van der Waals surface area contributed by atoms with Crippen LogP contribution < -0.4 is 5.32 Å². The topological polar surface area (TPSA) is 32.3 Å². The van der Waals surface area contributed by atoms with Crippen LogP contribution in [0, 0.1) is 11.8 Å². The van der Waals surface area contributed by atoms with Gasteiger partial charge in [0.2, 0.25) is 5.91 Å². The molecule has 0 aromatic carbocycles. The Morgan fingerprint density at radius 2 is 2.00 bits per heavy atom. The van der Waals surface area contributed by atoms with Crippen molar-refractivity contribution in [2.45, 2.75) is 12.2 Å². The average Bonchev–Trinajstić information content (AvgIpc) is 2.74. The van der Waals surface area contributed by atoms with Crippen LogP contribution in [0.2, 0.25) is 0 Å². The van der Waals surface area contributed by atoms with E-state index in [1.807, 2.05) is 13.2 Å². The van der Waals surface area contributed by atoms with Crippen molar-refractivity contribution >= 4 is 17.7 Å². The molecular weight excluding hydrogens is 196 g/mol. The minimum atomic E-state index is 0.127. The number of hydrogen-bond acceptors (Lipinski definition) is 3. The lowest BCUT2D eigenvalue weighted by Crippen LogP contribution is -2.36. The molecular formula is C10H18N2OS. The molecule has 2 aliphatic rings. The van der Waals surface area contributed by atoms with Crippen LogP contribution in [0.5, 0.6) is 0 Å². The molecule has 1 unspecified atom stereocenters. The second-order valence-electron chi connectivity index (χ2n) is 4.30. The fourth-order valence-electron chi connectivity index (χ4n) is 2.39. The van der Waals surface area contributed by atoms with E-state index in [2.05, 4.69) is 10.2 Å². The van der Waals surface area contributed by atoms with Gasteiger partial charge in [0, 0.05) is 26.2 Å². The number of nitrogens with zero attached hydrogens (tertiary/aromatic N) is 1. The number of hydrogen-bond donors (Lipinski definition) is 1. The van der Waals surface area contributed by atoms with Gasteiger partial charge in [0.15, 0.2) is 0 Å². The summed E-state index contributed by atoms with van der Waals surface area (Å²) in [6.07, 6.45) is 2.00. The minimum absolute atomic E-state index is 0.127. The second-order valence-corrected chi connectivity index (χ2v) is 5.48. The quantitative estimate of drug-likeness (QED) is 0.723. The summed E-state index contributed by atoms with van der Waals surface area (Å²) in [5.41, 5.74) is 0. The normalized spacial score (nSPS) is 33.1. The maximum absolute atomic E-state index is 11.9. The molecule has 4 heteroatoms. The summed E-state index contributed by atoms with van der Waals surface area (Å²) in [7, 11) is 0. The Kier molecular flexibility index (Phi) is 3.02. The summed E-state index contributed by atoms with van der Waals surface area (Å²) in [5, 5.41) is 3.51. The lowest BCUT2D eigenvalue weighted by molar-refractivity contribution is -0.129. The fraction of sp³-hybridized carbons (Fsp3) is 0.900. The standard InChI is InChI=1S/C10H18N2OS/c1-7(14-2)10(13)12-5-8-3-11-4-9(8)6-12/h7-9,11H,3-6H2,1-2H3/t7?,8-,9+. The number of carbonyl (C=O) groups is 1. The second kappa shape index (κ2) is 4.11. The van der Waals surface area contributed by atoms with Crippen LogP contribution in [-0.4, -0.2) is 48.5 Å². The van der Waals surface area contributed by atoms with E-state index in [4.69, 9.17) is 0 Å². The highest BCUT2D eigenvalue weighted by molar-refractivity contribution is 7.99. The van der Waals surface area contributed by atoms with Crippen molar-refractivity contribution in [3.63, 3.8) is 0 Å². The Bertz CT molecular complexity index is 222. The predicted molar refractivity (Wildman–Crippen MR) is 59.4 cm³/mol. The van der Waals surface area contributed by atoms with E-state index in [1.165, 1.54) is 0 Å². The van der Waals surface area contributed by atoms with Gasteiger partial charge in [-0.2, -0.15) is 11.8 Å². The highest BCUT2D eigenvalue weighted by atomic mass is 32.2. The number of fused-ring (bicyclic) bond motifs is 1. The number of amides is 1. The van der Waals surface area contributed by atoms with Gasteiger partial charge in [-0.3, -0.25) is 4.79 Å². The van der Waals surface area contributed by atoms with E-state index in [0.29, 0.717) is 17.7 Å². The highest BCUT2D eigenvalue weighted by Gasteiger charge is 2.38. The fourth-order valence-corrected chi connectivity index (χ4v) is 2.74. The number of nitrogens with one attached hydrogen (secondary N) is 1. The van der Waals surface area contributed by atoms with Crippen molar-refractivity contribution in [2.24, 2.45) is 11.8 Å². The van der Waals surface area contributed by atoms with E-state index in [1.54, 1.807) is 11.8 Å². The average molecular weight is 214 g/mol. The maximum atomic E-state index is 11.9. The molecule has 80 valence electrons. The third kappa shape index (κ3) is 1.77. The van der Waals surface area contributed by atoms with E-state index in [9.17, 15) is 4.79 Å². The molecule has 3 atom stereocenters. The SMILES string of the molecule is CSC(C)C(=O)N1C[C@H]2CNC[C@H]2C1. The molecule has 1 N–H and O–H groups in total. The van der Waals surface area contributed by atoms with Gasteiger partial charge in [-0.1, -0.05) is 0 Å². The largest absolute Gasteiger partial charge is 0.341 e. The van der Waals surface area contributed by atoms with Crippen LogP contribution in [0.15, 0.2) is 0 Å². The zero-order valence-electron chi connectivity index (χ0n) is 8.82. The first-order chi connectivity index (χ1) is 6.72. The molecule has 0 radical (unpaired) electrons. The lowest BCUT2D eigenvalue weighted by Gasteiger charge is -2.20. The smallest absolute Gasteiger partial charge is 0.235 e. The van der Waals surface area contributed by atoms with Crippen LogP contribution in [0.25, 0.3) is 0 Å². The van der Waals surface area contributed by atoms with E-state index >= 15 is 0 Å². The van der Waals surface area contributed by atoms with Crippen molar-refractivity contribution in [3.8, 4) is 0 Å². The van der Waals surface area contributed by atoms with Crippen molar-refractivity contribution < 1.29 is 4.79 Å². The van der Waals surface area contributed by atoms with E-state index in [0.717, 1.165) is 26.2 Å². The van der Waals surface area contributed by atoms with Gasteiger partial charge in [-0.15, -0.1) is 0 Å². The van der Waals surface area contributed by atoms with E-state index in [-0.39, 0.29) is 5.25 Å². The molecule has 14 heavy (non-hydrogen) atoms. The summed E-state index contributed by atoms with van der Waals surface area (Å²) in [6.45, 7) is 6.15. The van der Waals surface area contributed by atoms with E-state index < -0.39 is 0 Å². The molecule has 0 saturated carbocycles. The molecule has 0 spiro atoms. The first-order valence-electron chi connectivity index (χ1n) is 5.24. The number of likely N-dealkylation sites (tertiary alicyclic amines) is 1. The van der Waals surface area contributed by atoms with Crippen LogP contribution in [-0.2, 0) is 4.79 Å². The molecule has 0 aliphatic carbocycles. The Balaban J connectivity index is 1.92. The molecule has 0 aromatic heterocycles. The lowest BCUT2D eigenvalue weighted by atomic mass is 10.0. The van der Waals surface area contributed by atoms with Crippen molar-refractivity contribution in [1.29, 1.82) is 0 Å². The molecule has 1 amide bonds. The summed E-state index contributed by atoms with van der Waals surface area (Å²) in [4.78, 5) is 13.9. The molecule has 2 fully saturated rings. The maximum Gasteiger partial charge on any atom is 0.235 e. The number of rotatable bonds is 2. The molecule has 3 nitrogen and oxygen atoms in total. The van der Waals surface area contributed by atoms with Gasteiger partial charge in [0.05, 0.1) is 5.25 Å². The summed E-state index contributed by atoms with van der Waals surface area (Å²) < 4.78 is 0. The zero-order chi connectivity index (χ0) is 10.1. The highest BCUT2D eigenvalue weighted by Crippen LogP contribution is 2.27. The summed E-state index contributed by atoms with van der Waals surface area (Å²) in [5.74, 6) is 1.76. The first kappa shape index (κ1) is 10.3. The number of thioether (sulfide) groups is 1. The molecule has 2 aliphatic heterocycles. The Morgan fingerprint density at radius 3 is 2.50 bits per heavy atom. The van der Waals surface area contributed by atoms with Crippen molar-refractivity contribution in [2.75, 3.05) is 32.4 Å². The van der Waals surface area contributed by atoms with Crippen molar-refractivity contribution in [3.05, 3.63) is 0 Å². The monoisotopic (exact) mass is 214 g/mol. The van der Waals surface area contributed by atoms with Crippen molar-refractivity contribution in [1.82, 2.24) is 10.2 Å². The van der Waals surface area contributed by atoms with Crippen LogP contribution in [0.3, 0.4) is 0 Å². The number of carbonyl (C=O) groups excluding carboxylic acids is 1. The zero-order valence-corrected chi connectivity index (χ0v) is 9.64. The van der Waals surface area contributed by atoms with Crippen LogP contribution in [0.1, 0.15) is 6.92 Å². The van der Waals surface area contributed by atoms with Gasteiger partial charge >= 0.3 is 0 Å². The van der Waals surface area contributed by atoms with Crippen LogP contribution in [0.4, 0.5) is 0 Å². The third-order valence-electron chi connectivity index (χ3n) is 3.40. The molecule has 0 bridgehead atoms. The molecule has 0 aromatic rings. The predicted octanol–water partition coefficient (Wildman–Crippen LogP) is 0.416. The summed E-state index contributed by atoms with van der Waals surface area (Å²) in [6, 6.07) is 0. The first-order valence-corrected chi connectivity index (χ1v) is 6.53. The minimum Gasteiger partial charge on any atom is -0.341 e.